The zero-order valence-corrected chi connectivity index (χ0v) is 7.31. The molecule has 5 heteroatoms. The quantitative estimate of drug-likeness (QED) is 0.753. The van der Waals surface area contributed by atoms with Crippen molar-refractivity contribution in [3.05, 3.63) is 35.6 Å². The number of aromatic nitrogens is 3. The van der Waals surface area contributed by atoms with Crippen LogP contribution < -0.4 is 0 Å². The molecule has 0 atom stereocenters. The van der Waals surface area contributed by atoms with Crippen LogP contribution in [0.2, 0.25) is 5.15 Å². The fraction of sp³-hybridized carbons (Fsp3) is 0. The zero-order valence-electron chi connectivity index (χ0n) is 6.55. The van der Waals surface area contributed by atoms with Crippen LogP contribution in [0.3, 0.4) is 0 Å². The number of hydrogen-bond acceptors (Lipinski definition) is 3. The highest BCUT2D eigenvalue weighted by molar-refractivity contribution is 6.29. The van der Waals surface area contributed by atoms with E-state index in [4.69, 9.17) is 11.6 Å². The first-order valence-electron chi connectivity index (χ1n) is 3.63. The second-order valence-electron chi connectivity index (χ2n) is 2.46. The van der Waals surface area contributed by atoms with Crippen LogP contribution in [0, 0.1) is 0 Å². The van der Waals surface area contributed by atoms with Crippen molar-refractivity contribution in [2.24, 2.45) is 0 Å². The lowest BCUT2D eigenvalue weighted by atomic mass is 10.3. The number of para-hydroxylation sites is 2. The van der Waals surface area contributed by atoms with Gasteiger partial charge in [0.15, 0.2) is 5.15 Å². The second kappa shape index (κ2) is 3.06. The summed E-state index contributed by atoms with van der Waals surface area (Å²) in [5.74, 6) is 0.120. The molecule has 0 bridgehead atoms. The van der Waals surface area contributed by atoms with Gasteiger partial charge in [-0.1, -0.05) is 28.9 Å². The van der Waals surface area contributed by atoms with Crippen LogP contribution in [0.1, 0.15) is 0 Å². The molecule has 0 saturated heterocycles. The van der Waals surface area contributed by atoms with Crippen LogP contribution in [0.5, 0.6) is 5.75 Å². The Bertz CT molecular complexity index is 427. The Hall–Kier alpha value is -1.55. The van der Waals surface area contributed by atoms with E-state index in [1.807, 2.05) is 0 Å². The van der Waals surface area contributed by atoms with Crippen LogP contribution in [0.15, 0.2) is 30.5 Å². The van der Waals surface area contributed by atoms with Gasteiger partial charge in [-0.15, -0.1) is 5.10 Å². The van der Waals surface area contributed by atoms with Crippen LogP contribution in [-0.4, -0.2) is 20.1 Å². The molecule has 1 aromatic heterocycles. The van der Waals surface area contributed by atoms with Crippen molar-refractivity contribution in [2.75, 3.05) is 0 Å². The molecule has 1 N–H and O–H groups in total. The summed E-state index contributed by atoms with van der Waals surface area (Å²) >= 11 is 5.77. The smallest absolute Gasteiger partial charge is 0.153 e. The monoisotopic (exact) mass is 195 g/mol. The summed E-state index contributed by atoms with van der Waals surface area (Å²) in [5.41, 5.74) is 0.519. The summed E-state index contributed by atoms with van der Waals surface area (Å²) in [6.07, 6.45) is 1.41. The van der Waals surface area contributed by atoms with E-state index in [1.54, 1.807) is 24.3 Å². The van der Waals surface area contributed by atoms with Crippen molar-refractivity contribution in [1.29, 1.82) is 0 Å². The van der Waals surface area contributed by atoms with Gasteiger partial charge in [0.1, 0.15) is 11.4 Å². The number of halogens is 1. The van der Waals surface area contributed by atoms with Gasteiger partial charge in [0.05, 0.1) is 6.20 Å². The number of phenols is 1. The minimum Gasteiger partial charge on any atom is -0.506 e. The Morgan fingerprint density at radius 1 is 1.31 bits per heavy atom. The second-order valence-corrected chi connectivity index (χ2v) is 2.84. The molecule has 13 heavy (non-hydrogen) atoms. The maximum atomic E-state index is 9.46. The van der Waals surface area contributed by atoms with Gasteiger partial charge in [0, 0.05) is 0 Å². The van der Waals surface area contributed by atoms with Crippen molar-refractivity contribution in [3.63, 3.8) is 0 Å². The highest BCUT2D eigenvalue weighted by Crippen LogP contribution is 2.22. The molecule has 1 aromatic carbocycles. The van der Waals surface area contributed by atoms with E-state index in [0.29, 0.717) is 10.8 Å². The predicted molar refractivity (Wildman–Crippen MR) is 48.0 cm³/mol. The first kappa shape index (κ1) is 8.07. The van der Waals surface area contributed by atoms with Gasteiger partial charge >= 0.3 is 0 Å². The minimum atomic E-state index is 0.120. The number of rotatable bonds is 1. The molecule has 0 aliphatic carbocycles. The molecule has 0 saturated carbocycles. The summed E-state index contributed by atoms with van der Waals surface area (Å²) in [6.45, 7) is 0. The van der Waals surface area contributed by atoms with Gasteiger partial charge in [0.25, 0.3) is 0 Å². The Morgan fingerprint density at radius 2 is 2.08 bits per heavy atom. The molecule has 0 spiro atoms. The Morgan fingerprint density at radius 3 is 2.69 bits per heavy atom. The van der Waals surface area contributed by atoms with E-state index < -0.39 is 0 Å². The SMILES string of the molecule is Oc1ccccc1-n1nncc1Cl. The molecule has 0 aliphatic heterocycles. The maximum absolute atomic E-state index is 9.46. The fourth-order valence-corrected chi connectivity index (χ4v) is 1.20. The molecule has 1 heterocycles. The van der Waals surface area contributed by atoms with Gasteiger partial charge in [-0.3, -0.25) is 0 Å². The third-order valence-electron chi connectivity index (χ3n) is 1.62. The number of aromatic hydroxyl groups is 1. The number of benzene rings is 1. The van der Waals surface area contributed by atoms with Crippen LogP contribution >= 0.6 is 11.6 Å². The van der Waals surface area contributed by atoms with E-state index in [2.05, 4.69) is 10.3 Å². The Balaban J connectivity index is 2.59. The van der Waals surface area contributed by atoms with E-state index in [9.17, 15) is 5.11 Å². The van der Waals surface area contributed by atoms with Gasteiger partial charge in [-0.2, -0.15) is 4.68 Å². The first-order chi connectivity index (χ1) is 6.29. The van der Waals surface area contributed by atoms with Gasteiger partial charge in [-0.05, 0) is 12.1 Å². The molecule has 2 rings (SSSR count). The largest absolute Gasteiger partial charge is 0.506 e. The maximum Gasteiger partial charge on any atom is 0.153 e. The topological polar surface area (TPSA) is 50.9 Å². The summed E-state index contributed by atoms with van der Waals surface area (Å²) < 4.78 is 1.36. The summed E-state index contributed by atoms with van der Waals surface area (Å²) in [4.78, 5) is 0. The highest BCUT2D eigenvalue weighted by Gasteiger charge is 2.06. The lowest BCUT2D eigenvalue weighted by Gasteiger charge is -2.02. The van der Waals surface area contributed by atoms with Crippen molar-refractivity contribution in [1.82, 2.24) is 15.0 Å². The molecule has 0 unspecified atom stereocenters. The van der Waals surface area contributed by atoms with Crippen molar-refractivity contribution in [2.45, 2.75) is 0 Å². The number of phenolic OH excluding ortho intramolecular Hbond substituents is 1. The van der Waals surface area contributed by atoms with Crippen LogP contribution in [-0.2, 0) is 0 Å². The normalized spacial score (nSPS) is 10.2. The van der Waals surface area contributed by atoms with Gasteiger partial charge in [-0.25, -0.2) is 0 Å². The Labute approximate surface area is 79.4 Å². The average molecular weight is 196 g/mol. The molecular weight excluding hydrogens is 190 g/mol. The van der Waals surface area contributed by atoms with Gasteiger partial charge in [0.2, 0.25) is 0 Å². The lowest BCUT2D eigenvalue weighted by molar-refractivity contribution is 0.470. The molecule has 66 valence electrons. The number of hydrogen-bond donors (Lipinski definition) is 1. The third-order valence-corrected chi connectivity index (χ3v) is 1.88. The van der Waals surface area contributed by atoms with E-state index >= 15 is 0 Å². The van der Waals surface area contributed by atoms with Gasteiger partial charge < -0.3 is 5.11 Å². The molecule has 4 nitrogen and oxygen atoms in total. The molecule has 0 radical (unpaired) electrons. The summed E-state index contributed by atoms with van der Waals surface area (Å²) in [7, 11) is 0. The van der Waals surface area contributed by atoms with E-state index in [0.717, 1.165) is 0 Å². The summed E-state index contributed by atoms with van der Waals surface area (Å²) in [6, 6.07) is 6.78. The molecule has 0 fully saturated rings. The van der Waals surface area contributed by atoms with E-state index in [1.165, 1.54) is 10.9 Å². The van der Waals surface area contributed by atoms with Crippen LogP contribution in [0.4, 0.5) is 0 Å². The fourth-order valence-electron chi connectivity index (χ4n) is 1.03. The zero-order chi connectivity index (χ0) is 9.26. The standard InChI is InChI=1S/C8H6ClN3O/c9-8-5-10-11-12(8)6-3-1-2-4-7(6)13/h1-5,13H. The van der Waals surface area contributed by atoms with Crippen molar-refractivity contribution >= 4 is 11.6 Å². The molecule has 2 aromatic rings. The van der Waals surface area contributed by atoms with Crippen molar-refractivity contribution < 1.29 is 5.11 Å². The molecular formula is C8H6ClN3O. The van der Waals surface area contributed by atoms with Crippen molar-refractivity contribution in [3.8, 4) is 11.4 Å². The third kappa shape index (κ3) is 1.36. The molecule has 0 aliphatic rings. The Kier molecular flexibility index (Phi) is 1.90. The van der Waals surface area contributed by atoms with E-state index in [-0.39, 0.29) is 5.75 Å². The first-order valence-corrected chi connectivity index (χ1v) is 4.01. The number of nitrogens with zero attached hydrogens (tertiary/aromatic N) is 3. The molecule has 0 amide bonds. The average Bonchev–Trinajstić information content (AvgIpc) is 2.52. The highest BCUT2D eigenvalue weighted by atomic mass is 35.5. The summed E-state index contributed by atoms with van der Waals surface area (Å²) in [5, 5.41) is 17.2. The predicted octanol–water partition coefficient (Wildman–Crippen LogP) is 1.63. The van der Waals surface area contributed by atoms with Crippen LogP contribution in [0.25, 0.3) is 5.69 Å². The lowest BCUT2D eigenvalue weighted by Crippen LogP contribution is -1.96. The minimum absolute atomic E-state index is 0.120.